The van der Waals surface area contributed by atoms with Gasteiger partial charge in [0.2, 0.25) is 0 Å². The molecule has 3 aromatic heterocycles. The van der Waals surface area contributed by atoms with Gasteiger partial charge in [0.25, 0.3) is 0 Å². The third-order valence-electron chi connectivity index (χ3n) is 7.80. The number of rotatable bonds is 1. The molecule has 7 aromatic rings. The van der Waals surface area contributed by atoms with Gasteiger partial charge < -0.3 is 0 Å². The van der Waals surface area contributed by atoms with Crippen LogP contribution >= 0.6 is 0 Å². The van der Waals surface area contributed by atoms with Crippen LogP contribution in [0.2, 0.25) is 0 Å². The molecule has 5 heterocycles. The average molecular weight is 652 g/mol. The van der Waals surface area contributed by atoms with E-state index in [1.54, 1.807) is 12.1 Å². The molecule has 2 N–H and O–H groups in total. The Morgan fingerprint density at radius 1 is 0.432 bits per heavy atom. The maximum absolute atomic E-state index is 12.5. The molecule has 0 unspecified atom stereocenters. The summed E-state index contributed by atoms with van der Waals surface area (Å²) in [6.45, 7) is 0. The van der Waals surface area contributed by atoms with E-state index >= 15 is 0 Å². The Balaban J connectivity index is 0.00000289. The van der Waals surface area contributed by atoms with Crippen LogP contribution in [0.25, 0.3) is 89.7 Å². The Morgan fingerprint density at radius 2 is 0.818 bits per heavy atom. The molecule has 0 aliphatic carbocycles. The van der Waals surface area contributed by atoms with Gasteiger partial charge in [0, 0.05) is 16.5 Å². The van der Waals surface area contributed by atoms with Crippen molar-refractivity contribution in [3.63, 3.8) is 0 Å². The molecule has 0 spiro atoms. The summed E-state index contributed by atoms with van der Waals surface area (Å²) in [6.07, 6.45) is 0. The Morgan fingerprint density at radius 3 is 1.30 bits per heavy atom. The fourth-order valence-corrected chi connectivity index (χ4v) is 6.94. The van der Waals surface area contributed by atoms with Crippen LogP contribution in [-0.2, 0) is 40.9 Å². The normalized spacial score (nSPS) is 11.6. The van der Waals surface area contributed by atoms with Crippen molar-refractivity contribution in [2.75, 3.05) is 0 Å². The molecule has 2 aliphatic heterocycles. The first kappa shape index (κ1) is 26.7. The van der Waals surface area contributed by atoms with Crippen LogP contribution in [0.5, 0.6) is 0 Å². The van der Waals surface area contributed by atoms with Crippen LogP contribution in [0.3, 0.4) is 0 Å². The second-order valence-electron chi connectivity index (χ2n) is 10.3. The Bertz CT molecular complexity index is 2580. The Labute approximate surface area is 264 Å². The van der Waals surface area contributed by atoms with Gasteiger partial charge in [-0.3, -0.25) is 0 Å². The van der Waals surface area contributed by atoms with E-state index in [2.05, 4.69) is 9.97 Å². The summed E-state index contributed by atoms with van der Waals surface area (Å²) in [6, 6.07) is 28.6. The number of fused-ring (bicyclic) bond motifs is 20. The van der Waals surface area contributed by atoms with Crippen molar-refractivity contribution in [2.24, 2.45) is 0 Å². The first-order chi connectivity index (χ1) is 21.1. The van der Waals surface area contributed by atoms with Crippen molar-refractivity contribution in [2.45, 2.75) is 0 Å². The van der Waals surface area contributed by atoms with Crippen molar-refractivity contribution in [3.8, 4) is 45.6 Å². The van der Waals surface area contributed by atoms with Crippen molar-refractivity contribution < 1.29 is 40.9 Å². The quantitative estimate of drug-likeness (QED) is 0.212. The zero-order chi connectivity index (χ0) is 28.7. The third-order valence-corrected chi connectivity index (χ3v) is 9.14. The van der Waals surface area contributed by atoms with Crippen molar-refractivity contribution in [3.05, 3.63) is 91.0 Å². The number of benzene rings is 4. The molecule has 0 saturated carbocycles. The first-order valence-electron chi connectivity index (χ1n) is 13.6. The molecule has 8 bridgehead atoms. The van der Waals surface area contributed by atoms with E-state index in [9.17, 15) is 6.65 Å². The Kier molecular flexibility index (Phi) is 6.10. The average Bonchev–Trinajstić information content (AvgIpc) is 3.76. The van der Waals surface area contributed by atoms with Gasteiger partial charge in [0.05, 0.1) is 0 Å². The zero-order valence-corrected chi connectivity index (χ0v) is 25.0. The van der Waals surface area contributed by atoms with Gasteiger partial charge in [-0.1, -0.05) is 6.07 Å². The van der Waals surface area contributed by atoms with Crippen LogP contribution in [0.1, 0.15) is 0 Å². The molecular weight excluding hydrogens is 635 g/mol. The molecule has 0 saturated heterocycles. The molecule has 9 rings (SSSR count). The van der Waals surface area contributed by atoms with Crippen molar-refractivity contribution >= 4 is 48.0 Å². The fraction of sp³-hybridized carbons (Fsp3) is 0. The standard InChI is InChI=1S/C32H17N8.Ni.2O.Ti/c1-2-10-18-17(9-1)25-33-26(18)38-28-21-13-5-6-14-22(21)30(35-28)40-32-24-16-8-7-15-23(24)31(36-32)39-29-20-12-4-3-11-19(20)27(34-29)37-25;;;;/h1-15H,(H2,33,34,35,36,37,38,39,40);;;;. The second kappa shape index (κ2) is 10.1. The van der Waals surface area contributed by atoms with Gasteiger partial charge in [-0.25, -0.2) is 0 Å². The molecule has 10 nitrogen and oxygen atoms in total. The topological polar surface area (TPSA) is 143 Å². The summed E-state index contributed by atoms with van der Waals surface area (Å²) >= 11 is -4.02. The maximum atomic E-state index is 12.5. The molecule has 12 heteroatoms. The predicted molar refractivity (Wildman–Crippen MR) is 157 cm³/mol. The molecular formula is C32H17N8NiO2Ti. The van der Waals surface area contributed by atoms with Crippen LogP contribution < -0.4 is 3.87 Å². The molecule has 211 valence electrons. The summed E-state index contributed by atoms with van der Waals surface area (Å²) in [7, 11) is 0. The summed E-state index contributed by atoms with van der Waals surface area (Å²) < 4.78 is 25.2. The number of aromatic amines is 2. The predicted octanol–water partition coefficient (Wildman–Crippen LogP) is 5.80. The number of nitrogens with zero attached hydrogens (tertiary/aromatic N) is 6. The summed E-state index contributed by atoms with van der Waals surface area (Å²) in [5.74, 6) is 1.88. The summed E-state index contributed by atoms with van der Waals surface area (Å²) in [5.41, 5.74) is 5.30. The van der Waals surface area contributed by atoms with Gasteiger partial charge >= 0.3 is 243 Å². The number of aromatic nitrogens is 8. The molecule has 0 atom stereocenters. The molecule has 2 aliphatic rings. The van der Waals surface area contributed by atoms with E-state index in [-0.39, 0.29) is 20.4 Å². The molecule has 44 heavy (non-hydrogen) atoms. The monoisotopic (exact) mass is 651 g/mol. The van der Waals surface area contributed by atoms with Crippen LogP contribution in [0.4, 0.5) is 0 Å². The van der Waals surface area contributed by atoms with Crippen molar-refractivity contribution in [1.29, 1.82) is 0 Å². The fourth-order valence-electron chi connectivity index (χ4n) is 5.86. The molecule has 4 aromatic carbocycles. The van der Waals surface area contributed by atoms with E-state index in [0.717, 1.165) is 33.0 Å². The van der Waals surface area contributed by atoms with Gasteiger partial charge in [-0.2, -0.15) is 0 Å². The summed E-state index contributed by atoms with van der Waals surface area (Å²) in [5, 5.41) is 2.91. The number of hydrogen-bond acceptors (Lipinski definition) is 8. The van der Waals surface area contributed by atoms with E-state index in [4.69, 9.17) is 29.9 Å². The zero-order valence-electron chi connectivity index (χ0n) is 22.5. The number of nitrogens with one attached hydrogen (secondary N) is 2. The number of H-pyrrole nitrogens is 2. The third kappa shape index (κ3) is 3.98. The number of hydrogen-bond donors (Lipinski definition) is 2. The first-order valence-corrected chi connectivity index (χ1v) is 15.6. The SMILES string of the molecule is [Ni].[O]=[Ti](=[O])[c]1cccc2c3nc4nc(nc5[nH]c(nc6nc(nc([nH]3)c12)-c1ccccc1-6)c1ccccc51)-c1ccccc1-4. The molecule has 0 radical (unpaired) electrons. The summed E-state index contributed by atoms with van der Waals surface area (Å²) in [4.78, 5) is 36.2. The molecule has 0 amide bonds. The second-order valence-corrected chi connectivity index (χ2v) is 12.0. The van der Waals surface area contributed by atoms with Crippen molar-refractivity contribution in [1.82, 2.24) is 39.9 Å². The van der Waals surface area contributed by atoms with Crippen LogP contribution in [0, 0.1) is 0 Å². The molecule has 0 fully saturated rings. The van der Waals surface area contributed by atoms with E-state index in [1.165, 1.54) is 0 Å². The van der Waals surface area contributed by atoms with E-state index in [0.29, 0.717) is 56.7 Å². The van der Waals surface area contributed by atoms with Gasteiger partial charge in [0.1, 0.15) is 0 Å². The minimum atomic E-state index is -4.02. The minimum absolute atomic E-state index is 0. The van der Waals surface area contributed by atoms with Crippen LogP contribution in [-0.4, -0.2) is 39.9 Å². The van der Waals surface area contributed by atoms with Crippen LogP contribution in [0.15, 0.2) is 91.0 Å². The van der Waals surface area contributed by atoms with E-state index < -0.39 is 17.8 Å². The Hall–Kier alpha value is -4.95. The van der Waals surface area contributed by atoms with E-state index in [1.807, 2.05) is 78.9 Å². The van der Waals surface area contributed by atoms with Gasteiger partial charge in [-0.15, -0.1) is 0 Å². The van der Waals surface area contributed by atoms with Gasteiger partial charge in [0.15, 0.2) is 0 Å². The van der Waals surface area contributed by atoms with Gasteiger partial charge in [-0.05, 0) is 0 Å².